The Morgan fingerprint density at radius 3 is 2.47 bits per heavy atom. The van der Waals surface area contributed by atoms with Gasteiger partial charge < -0.3 is 14.6 Å². The number of amides is 1. The van der Waals surface area contributed by atoms with Crippen molar-refractivity contribution in [3.8, 4) is 11.5 Å². The summed E-state index contributed by atoms with van der Waals surface area (Å²) in [7, 11) is 3.00. The summed E-state index contributed by atoms with van der Waals surface area (Å²) in [6, 6.07) is 13.5. The number of anilines is 1. The van der Waals surface area contributed by atoms with E-state index in [0.29, 0.717) is 22.7 Å². The molecule has 0 radical (unpaired) electrons. The molecule has 0 bridgehead atoms. The minimum absolute atomic E-state index is 0.0295. The molecule has 1 aliphatic heterocycles. The average molecular weight is 450 g/mol. The second-order valence-corrected chi connectivity index (χ2v) is 8.45. The van der Waals surface area contributed by atoms with Crippen LogP contribution in [0.5, 0.6) is 11.5 Å². The first-order chi connectivity index (χ1) is 15.4. The molecule has 1 aromatic heterocycles. The minimum Gasteiger partial charge on any atom is -0.507 e. The van der Waals surface area contributed by atoms with E-state index in [1.807, 2.05) is 49.6 Å². The van der Waals surface area contributed by atoms with Crippen LogP contribution in [0.15, 0.2) is 59.5 Å². The van der Waals surface area contributed by atoms with Gasteiger partial charge in [-0.15, -0.1) is 11.3 Å². The van der Waals surface area contributed by atoms with E-state index in [-0.39, 0.29) is 11.3 Å². The third kappa shape index (κ3) is 3.44. The molecule has 2 aromatic carbocycles. The molecule has 1 N–H and O–H groups in total. The number of carbonyl (C=O) groups excluding carboxylic acids is 2. The maximum absolute atomic E-state index is 13.3. The molecule has 1 atom stereocenters. The number of aliphatic hydroxyl groups excluding tert-OH is 1. The third-order valence-corrected chi connectivity index (χ3v) is 6.68. The lowest BCUT2D eigenvalue weighted by Gasteiger charge is -2.26. The second kappa shape index (κ2) is 8.51. The van der Waals surface area contributed by atoms with Gasteiger partial charge in [-0.3, -0.25) is 14.5 Å². The molecular formula is C25H23NO5S. The first-order valence-corrected chi connectivity index (χ1v) is 10.9. The predicted octanol–water partition coefficient (Wildman–Crippen LogP) is 5.01. The Bertz CT molecular complexity index is 1230. The van der Waals surface area contributed by atoms with Crippen molar-refractivity contribution in [2.75, 3.05) is 19.1 Å². The number of aryl methyl sites for hydroxylation is 1. The van der Waals surface area contributed by atoms with Gasteiger partial charge in [0.05, 0.1) is 25.4 Å². The van der Waals surface area contributed by atoms with Crippen LogP contribution in [0.3, 0.4) is 0 Å². The molecule has 1 amide bonds. The van der Waals surface area contributed by atoms with Gasteiger partial charge in [-0.25, -0.2) is 0 Å². The van der Waals surface area contributed by atoms with Gasteiger partial charge in [0, 0.05) is 16.6 Å². The lowest BCUT2D eigenvalue weighted by atomic mass is 9.98. The fourth-order valence-electron chi connectivity index (χ4n) is 3.93. The zero-order valence-corrected chi connectivity index (χ0v) is 19.0. The SMILES string of the molecule is COc1ccc(/C(O)=C2/C(=O)C(=O)N(c3cccc(C)c3C)C2c2cccs2)c(OC)c1. The van der Waals surface area contributed by atoms with E-state index in [4.69, 9.17) is 9.47 Å². The standard InChI is InChI=1S/C25H23NO5S/c1-14-7-5-8-18(15(14)2)26-22(20-9-6-12-32-20)21(24(28)25(26)29)23(27)17-11-10-16(30-3)13-19(17)31-4/h5-13,22,27H,1-4H3/b23-21-. The summed E-state index contributed by atoms with van der Waals surface area (Å²) < 4.78 is 10.7. The normalized spacial score (nSPS) is 17.6. The van der Waals surface area contributed by atoms with E-state index in [0.717, 1.165) is 16.0 Å². The number of benzene rings is 2. The number of ether oxygens (including phenoxy) is 2. The van der Waals surface area contributed by atoms with E-state index >= 15 is 0 Å². The number of rotatable bonds is 5. The summed E-state index contributed by atoms with van der Waals surface area (Å²) >= 11 is 1.42. The number of Topliss-reactive ketones (excluding diaryl/α,β-unsaturated/α-hetero) is 1. The molecule has 6 nitrogen and oxygen atoms in total. The van der Waals surface area contributed by atoms with Gasteiger partial charge in [-0.2, -0.15) is 0 Å². The minimum atomic E-state index is -0.748. The first kappa shape index (κ1) is 21.6. The molecule has 1 fully saturated rings. The topological polar surface area (TPSA) is 76.1 Å². The molecule has 1 aliphatic rings. The molecule has 1 saturated heterocycles. The Kier molecular flexibility index (Phi) is 5.76. The molecule has 1 unspecified atom stereocenters. The van der Waals surface area contributed by atoms with Gasteiger partial charge in [0.15, 0.2) is 0 Å². The second-order valence-electron chi connectivity index (χ2n) is 7.47. The van der Waals surface area contributed by atoms with E-state index < -0.39 is 17.7 Å². The Balaban J connectivity index is 1.97. The highest BCUT2D eigenvalue weighted by Crippen LogP contribution is 2.45. The van der Waals surface area contributed by atoms with Crippen molar-refractivity contribution >= 4 is 34.5 Å². The van der Waals surface area contributed by atoms with Crippen molar-refractivity contribution in [1.29, 1.82) is 0 Å². The fourth-order valence-corrected chi connectivity index (χ4v) is 4.76. The molecule has 164 valence electrons. The highest BCUT2D eigenvalue weighted by atomic mass is 32.1. The third-order valence-electron chi connectivity index (χ3n) is 5.76. The largest absolute Gasteiger partial charge is 0.507 e. The van der Waals surface area contributed by atoms with Gasteiger partial charge in [0.2, 0.25) is 0 Å². The van der Waals surface area contributed by atoms with E-state index in [1.165, 1.54) is 30.5 Å². The number of hydrogen-bond acceptors (Lipinski definition) is 6. The number of ketones is 1. The summed E-state index contributed by atoms with van der Waals surface area (Å²) in [6.07, 6.45) is 0. The molecular weight excluding hydrogens is 426 g/mol. The van der Waals surface area contributed by atoms with Crippen molar-refractivity contribution in [3.63, 3.8) is 0 Å². The quantitative estimate of drug-likeness (QED) is 0.337. The van der Waals surface area contributed by atoms with E-state index in [2.05, 4.69) is 0 Å². The Morgan fingerprint density at radius 1 is 1.03 bits per heavy atom. The number of hydrogen-bond donors (Lipinski definition) is 1. The van der Waals surface area contributed by atoms with Crippen LogP contribution in [0, 0.1) is 13.8 Å². The highest BCUT2D eigenvalue weighted by Gasteiger charge is 2.48. The van der Waals surface area contributed by atoms with Gasteiger partial charge in [-0.05, 0) is 54.6 Å². The van der Waals surface area contributed by atoms with Crippen LogP contribution in [-0.4, -0.2) is 31.0 Å². The number of thiophene rings is 1. The lowest BCUT2D eigenvalue weighted by Crippen LogP contribution is -2.29. The van der Waals surface area contributed by atoms with Crippen LogP contribution in [0.25, 0.3) is 5.76 Å². The van der Waals surface area contributed by atoms with Crippen molar-refractivity contribution in [2.24, 2.45) is 0 Å². The average Bonchev–Trinajstić information content (AvgIpc) is 3.42. The van der Waals surface area contributed by atoms with Gasteiger partial charge in [0.25, 0.3) is 11.7 Å². The van der Waals surface area contributed by atoms with Crippen LogP contribution >= 0.6 is 11.3 Å². The summed E-state index contributed by atoms with van der Waals surface area (Å²) in [5.74, 6) is -0.811. The zero-order chi connectivity index (χ0) is 23.0. The molecule has 32 heavy (non-hydrogen) atoms. The highest BCUT2D eigenvalue weighted by molar-refractivity contribution is 7.10. The summed E-state index contributed by atoms with van der Waals surface area (Å²) in [5, 5.41) is 13.2. The maximum atomic E-state index is 13.3. The Labute approximate surface area is 190 Å². The van der Waals surface area contributed by atoms with Crippen LogP contribution in [-0.2, 0) is 9.59 Å². The molecule has 0 aliphatic carbocycles. The van der Waals surface area contributed by atoms with Crippen molar-refractivity contribution < 1.29 is 24.2 Å². The summed E-state index contributed by atoms with van der Waals surface area (Å²) in [6.45, 7) is 3.87. The maximum Gasteiger partial charge on any atom is 0.300 e. The van der Waals surface area contributed by atoms with Crippen LogP contribution in [0.1, 0.15) is 27.6 Å². The molecule has 7 heteroatoms. The van der Waals surface area contributed by atoms with Gasteiger partial charge in [-0.1, -0.05) is 18.2 Å². The van der Waals surface area contributed by atoms with Crippen LogP contribution in [0.4, 0.5) is 5.69 Å². The smallest absolute Gasteiger partial charge is 0.300 e. The molecule has 4 rings (SSSR count). The molecule has 3 aromatic rings. The predicted molar refractivity (Wildman–Crippen MR) is 125 cm³/mol. The molecule has 0 saturated carbocycles. The summed E-state index contributed by atoms with van der Waals surface area (Å²) in [4.78, 5) is 28.8. The first-order valence-electron chi connectivity index (χ1n) is 10.0. The lowest BCUT2D eigenvalue weighted by molar-refractivity contribution is -0.132. The molecule has 2 heterocycles. The Morgan fingerprint density at radius 2 is 1.81 bits per heavy atom. The number of methoxy groups -OCH3 is 2. The monoisotopic (exact) mass is 449 g/mol. The number of aliphatic hydroxyl groups is 1. The van der Waals surface area contributed by atoms with Crippen molar-refractivity contribution in [2.45, 2.75) is 19.9 Å². The van der Waals surface area contributed by atoms with E-state index in [1.54, 1.807) is 18.2 Å². The number of carbonyl (C=O) groups is 2. The fraction of sp³-hybridized carbons (Fsp3) is 0.200. The van der Waals surface area contributed by atoms with Gasteiger partial charge in [0.1, 0.15) is 23.3 Å². The van der Waals surface area contributed by atoms with Crippen molar-refractivity contribution in [3.05, 3.63) is 81.1 Å². The van der Waals surface area contributed by atoms with Gasteiger partial charge >= 0.3 is 0 Å². The Hall–Kier alpha value is -3.58. The number of nitrogens with zero attached hydrogens (tertiary/aromatic N) is 1. The molecule has 0 spiro atoms. The van der Waals surface area contributed by atoms with Crippen molar-refractivity contribution in [1.82, 2.24) is 0 Å². The van der Waals surface area contributed by atoms with E-state index in [9.17, 15) is 14.7 Å². The summed E-state index contributed by atoms with van der Waals surface area (Å²) in [5.41, 5.74) is 2.89. The zero-order valence-electron chi connectivity index (χ0n) is 18.2. The van der Waals surface area contributed by atoms with Crippen LogP contribution in [0.2, 0.25) is 0 Å². The van der Waals surface area contributed by atoms with Crippen LogP contribution < -0.4 is 14.4 Å².